The summed E-state index contributed by atoms with van der Waals surface area (Å²) in [6.45, 7) is 5.57. The monoisotopic (exact) mass is 457 g/mol. The Kier molecular flexibility index (Phi) is 6.85. The van der Waals surface area contributed by atoms with Crippen molar-refractivity contribution in [2.45, 2.75) is 50.9 Å². The van der Waals surface area contributed by atoms with Gasteiger partial charge in [0.2, 0.25) is 5.91 Å². The third-order valence-corrected chi connectivity index (χ3v) is 5.95. The van der Waals surface area contributed by atoms with Gasteiger partial charge in [-0.3, -0.25) is 4.79 Å². The van der Waals surface area contributed by atoms with Crippen LogP contribution in [-0.4, -0.2) is 35.2 Å². The molecule has 0 aromatic heterocycles. The van der Waals surface area contributed by atoms with Crippen molar-refractivity contribution >= 4 is 12.0 Å². The molecule has 0 unspecified atom stereocenters. The minimum Gasteiger partial charge on any atom is -0.443 e. The van der Waals surface area contributed by atoms with Crippen LogP contribution in [0.3, 0.4) is 0 Å². The fourth-order valence-electron chi connectivity index (χ4n) is 4.45. The van der Waals surface area contributed by atoms with Crippen molar-refractivity contribution < 1.29 is 19.1 Å². The highest BCUT2D eigenvalue weighted by atomic mass is 16.6. The lowest BCUT2D eigenvalue weighted by Gasteiger charge is -2.37. The molecule has 0 aliphatic carbocycles. The summed E-state index contributed by atoms with van der Waals surface area (Å²) in [5.41, 5.74) is 1.32. The molecule has 1 saturated heterocycles. The van der Waals surface area contributed by atoms with E-state index in [1.807, 2.05) is 91.0 Å². The Morgan fingerprint density at radius 1 is 0.824 bits per heavy atom. The Labute approximate surface area is 201 Å². The first-order valence-electron chi connectivity index (χ1n) is 11.7. The van der Waals surface area contributed by atoms with Crippen LogP contribution >= 0.6 is 0 Å². The lowest BCUT2D eigenvalue weighted by Crippen LogP contribution is -2.45. The lowest BCUT2D eigenvalue weighted by molar-refractivity contribution is -0.129. The Bertz CT molecular complexity index is 1010. The topological polar surface area (TPSA) is 55.8 Å². The van der Waals surface area contributed by atoms with Crippen molar-refractivity contribution in [1.82, 2.24) is 4.90 Å². The zero-order chi connectivity index (χ0) is 24.2. The van der Waals surface area contributed by atoms with Gasteiger partial charge in [-0.15, -0.1) is 0 Å². The third kappa shape index (κ3) is 4.90. The Morgan fingerprint density at radius 3 is 1.68 bits per heavy atom. The zero-order valence-corrected chi connectivity index (χ0v) is 19.9. The molecule has 0 N–H and O–H groups in total. The molecule has 0 saturated carbocycles. The number of likely N-dealkylation sites (tertiary alicyclic amines) is 1. The number of rotatable bonds is 6. The van der Waals surface area contributed by atoms with Gasteiger partial charge in [0.05, 0.1) is 12.6 Å². The molecule has 2 amide bonds. The van der Waals surface area contributed by atoms with Gasteiger partial charge in [-0.1, -0.05) is 91.0 Å². The highest BCUT2D eigenvalue weighted by Crippen LogP contribution is 2.41. The van der Waals surface area contributed by atoms with Gasteiger partial charge in [0, 0.05) is 6.42 Å². The maximum atomic E-state index is 12.8. The Morgan fingerprint density at radius 2 is 1.26 bits per heavy atom. The lowest BCUT2D eigenvalue weighted by atomic mass is 9.80. The van der Waals surface area contributed by atoms with Crippen molar-refractivity contribution in [3.8, 4) is 0 Å². The molecule has 3 aromatic carbocycles. The summed E-state index contributed by atoms with van der Waals surface area (Å²) >= 11 is 0. The highest BCUT2D eigenvalue weighted by Gasteiger charge is 2.43. The van der Waals surface area contributed by atoms with E-state index in [0.717, 1.165) is 16.7 Å². The average molecular weight is 458 g/mol. The van der Waals surface area contributed by atoms with Crippen molar-refractivity contribution in [2.24, 2.45) is 0 Å². The molecule has 0 bridgehead atoms. The van der Waals surface area contributed by atoms with Crippen molar-refractivity contribution in [3.05, 3.63) is 108 Å². The molecule has 176 valence electrons. The summed E-state index contributed by atoms with van der Waals surface area (Å²) in [6.07, 6.45) is 0.211. The average Bonchev–Trinajstić information content (AvgIpc) is 3.21. The van der Waals surface area contributed by atoms with Gasteiger partial charge in [0.15, 0.2) is 0 Å². The van der Waals surface area contributed by atoms with Gasteiger partial charge in [-0.25, -0.2) is 9.69 Å². The quantitative estimate of drug-likeness (QED) is 0.431. The standard InChI is InChI=1S/C29H31NO4/c1-28(2,3)34-27(32)30-25(19-20-26(30)31)21-33-29(22-13-7-4-8-14-22,23-15-9-5-10-16-23)24-17-11-6-12-18-24/h4-18,25H,19-21H2,1-3H3/t25-/m0/s1. The predicted molar refractivity (Wildman–Crippen MR) is 131 cm³/mol. The van der Waals surface area contributed by atoms with Crippen LogP contribution in [0.1, 0.15) is 50.3 Å². The molecular formula is C29H31NO4. The molecule has 1 aliphatic rings. The fraction of sp³-hybridized carbons (Fsp3) is 0.310. The van der Waals surface area contributed by atoms with Crippen LogP contribution in [0, 0.1) is 0 Å². The van der Waals surface area contributed by atoms with Gasteiger partial charge < -0.3 is 9.47 Å². The van der Waals surface area contributed by atoms with Gasteiger partial charge >= 0.3 is 6.09 Å². The Hall–Kier alpha value is -3.44. The van der Waals surface area contributed by atoms with E-state index in [9.17, 15) is 9.59 Å². The summed E-state index contributed by atoms with van der Waals surface area (Å²) in [7, 11) is 0. The number of benzene rings is 3. The van der Waals surface area contributed by atoms with E-state index >= 15 is 0 Å². The van der Waals surface area contributed by atoms with Crippen LogP contribution in [0.2, 0.25) is 0 Å². The molecule has 3 aromatic rings. The maximum absolute atomic E-state index is 12.8. The van der Waals surface area contributed by atoms with Crippen molar-refractivity contribution in [2.75, 3.05) is 6.61 Å². The van der Waals surface area contributed by atoms with Gasteiger partial charge in [-0.2, -0.15) is 0 Å². The van der Waals surface area contributed by atoms with Crippen LogP contribution in [0.25, 0.3) is 0 Å². The molecule has 5 heteroatoms. The molecule has 1 heterocycles. The number of amides is 2. The molecule has 5 nitrogen and oxygen atoms in total. The second-order valence-corrected chi connectivity index (χ2v) is 9.53. The van der Waals surface area contributed by atoms with Crippen molar-refractivity contribution in [1.29, 1.82) is 0 Å². The van der Waals surface area contributed by atoms with E-state index in [1.54, 1.807) is 20.8 Å². The number of imide groups is 1. The Balaban J connectivity index is 1.74. The number of nitrogens with zero attached hydrogens (tertiary/aromatic N) is 1. The summed E-state index contributed by atoms with van der Waals surface area (Å²) in [6, 6.07) is 29.8. The molecule has 34 heavy (non-hydrogen) atoms. The SMILES string of the molecule is CC(C)(C)OC(=O)N1C(=O)CC[C@H]1COC(c1ccccc1)(c1ccccc1)c1ccccc1. The number of carbonyl (C=O) groups is 2. The summed E-state index contributed by atoms with van der Waals surface area (Å²) in [5.74, 6) is -0.229. The first kappa shape index (κ1) is 23.7. The first-order chi connectivity index (χ1) is 16.3. The van der Waals surface area contributed by atoms with E-state index in [0.29, 0.717) is 12.8 Å². The van der Waals surface area contributed by atoms with Gasteiger partial charge in [0.1, 0.15) is 11.2 Å². The van der Waals surface area contributed by atoms with Gasteiger partial charge in [0.25, 0.3) is 0 Å². The second kappa shape index (κ2) is 9.82. The summed E-state index contributed by atoms with van der Waals surface area (Å²) in [5, 5.41) is 0. The van der Waals surface area contributed by atoms with Crippen LogP contribution in [0.5, 0.6) is 0 Å². The second-order valence-electron chi connectivity index (χ2n) is 9.53. The van der Waals surface area contributed by atoms with Crippen molar-refractivity contribution in [3.63, 3.8) is 0 Å². The number of hydrogen-bond donors (Lipinski definition) is 0. The number of hydrogen-bond acceptors (Lipinski definition) is 4. The van der Waals surface area contributed by atoms with Crippen LogP contribution < -0.4 is 0 Å². The fourth-order valence-corrected chi connectivity index (χ4v) is 4.45. The van der Waals surface area contributed by atoms with E-state index < -0.39 is 23.3 Å². The molecule has 0 radical (unpaired) electrons. The van der Waals surface area contributed by atoms with Crippen LogP contribution in [0.15, 0.2) is 91.0 Å². The van der Waals surface area contributed by atoms with Crippen LogP contribution in [0.4, 0.5) is 4.79 Å². The van der Waals surface area contributed by atoms with E-state index in [2.05, 4.69) is 0 Å². The van der Waals surface area contributed by atoms with E-state index in [-0.39, 0.29) is 12.5 Å². The smallest absolute Gasteiger partial charge is 0.417 e. The molecule has 1 fully saturated rings. The first-order valence-corrected chi connectivity index (χ1v) is 11.7. The summed E-state index contributed by atoms with van der Waals surface area (Å²) in [4.78, 5) is 26.7. The molecule has 1 aliphatic heterocycles. The van der Waals surface area contributed by atoms with E-state index in [1.165, 1.54) is 4.90 Å². The largest absolute Gasteiger partial charge is 0.443 e. The minimum absolute atomic E-state index is 0.184. The molecule has 4 rings (SSSR count). The number of ether oxygens (including phenoxy) is 2. The summed E-state index contributed by atoms with van der Waals surface area (Å²) < 4.78 is 12.3. The molecule has 1 atom stereocenters. The zero-order valence-electron chi connectivity index (χ0n) is 19.9. The number of carbonyl (C=O) groups excluding carboxylic acids is 2. The van der Waals surface area contributed by atoms with E-state index in [4.69, 9.17) is 9.47 Å². The minimum atomic E-state index is -0.908. The maximum Gasteiger partial charge on any atom is 0.417 e. The highest BCUT2D eigenvalue weighted by molar-refractivity contribution is 5.94. The third-order valence-electron chi connectivity index (χ3n) is 5.95. The molecular weight excluding hydrogens is 426 g/mol. The normalized spacial score (nSPS) is 16.5. The van der Waals surface area contributed by atoms with Crippen LogP contribution in [-0.2, 0) is 19.9 Å². The predicted octanol–water partition coefficient (Wildman–Crippen LogP) is 5.92. The van der Waals surface area contributed by atoms with Gasteiger partial charge in [-0.05, 0) is 43.9 Å². The molecule has 0 spiro atoms.